The zero-order valence-corrected chi connectivity index (χ0v) is 15.7. The number of anilines is 1. The van der Waals surface area contributed by atoms with Gasteiger partial charge in [0.15, 0.2) is 0 Å². The third kappa shape index (κ3) is 3.97. The van der Waals surface area contributed by atoms with Crippen LogP contribution in [0, 0.1) is 0 Å². The fourth-order valence-corrected chi connectivity index (χ4v) is 3.23. The predicted octanol–water partition coefficient (Wildman–Crippen LogP) is 4.46. The van der Waals surface area contributed by atoms with Gasteiger partial charge in [-0.25, -0.2) is 0 Å². The summed E-state index contributed by atoms with van der Waals surface area (Å²) >= 11 is 9.52. The molecule has 4 nitrogen and oxygen atoms in total. The average molecular weight is 409 g/mol. The summed E-state index contributed by atoms with van der Waals surface area (Å²) in [5.74, 6) is 0.708. The molecule has 0 radical (unpaired) electrons. The number of benzene rings is 2. The zero-order valence-electron chi connectivity index (χ0n) is 13.4. The van der Waals surface area contributed by atoms with Crippen molar-refractivity contribution in [3.63, 3.8) is 0 Å². The van der Waals surface area contributed by atoms with Crippen molar-refractivity contribution in [2.45, 2.75) is 11.9 Å². The Balaban J connectivity index is 1.81. The van der Waals surface area contributed by atoms with E-state index >= 15 is 0 Å². The Morgan fingerprint density at radius 1 is 1.17 bits per heavy atom. The van der Waals surface area contributed by atoms with E-state index in [9.17, 15) is 0 Å². The Bertz CT molecular complexity index is 720. The molecule has 0 amide bonds. The lowest BCUT2D eigenvalue weighted by atomic mass is 10.2. The maximum absolute atomic E-state index is 5.97. The lowest BCUT2D eigenvalue weighted by molar-refractivity contribution is 0.207. The minimum atomic E-state index is 0.708. The Morgan fingerprint density at radius 2 is 1.92 bits per heavy atom. The number of hydrogen-bond donors (Lipinski definition) is 1. The Labute approximate surface area is 155 Å². The summed E-state index contributed by atoms with van der Waals surface area (Å²) in [5.41, 5.74) is 6.84. The highest BCUT2D eigenvalue weighted by Crippen LogP contribution is 2.24. The minimum absolute atomic E-state index is 0.708. The number of ether oxygens (including phenoxy) is 1. The van der Waals surface area contributed by atoms with Gasteiger partial charge in [-0.3, -0.25) is 10.4 Å². The molecule has 1 aliphatic rings. The van der Waals surface area contributed by atoms with Gasteiger partial charge in [-0.15, -0.1) is 0 Å². The van der Waals surface area contributed by atoms with E-state index in [-0.39, 0.29) is 0 Å². The predicted molar refractivity (Wildman–Crippen MR) is 102 cm³/mol. The van der Waals surface area contributed by atoms with Crippen LogP contribution in [-0.4, -0.2) is 18.7 Å². The molecular weight excluding hydrogens is 390 g/mol. The summed E-state index contributed by atoms with van der Waals surface area (Å²) in [6.07, 6.45) is 1.99. The third-order valence-electron chi connectivity index (χ3n) is 3.81. The number of methoxy groups -OCH3 is 1. The molecule has 0 saturated carbocycles. The molecule has 1 aliphatic heterocycles. The van der Waals surface area contributed by atoms with E-state index < -0.39 is 0 Å². The van der Waals surface area contributed by atoms with E-state index in [0.29, 0.717) is 12.6 Å². The number of rotatable bonds is 5. The van der Waals surface area contributed by atoms with Crippen molar-refractivity contribution >= 4 is 33.2 Å². The third-order valence-corrected chi connectivity index (χ3v) is 4.67. The van der Waals surface area contributed by atoms with Crippen LogP contribution in [0.15, 0.2) is 60.6 Å². The molecule has 1 heterocycles. The zero-order chi connectivity index (χ0) is 16.9. The summed E-state index contributed by atoms with van der Waals surface area (Å²) in [6.45, 7) is 1.48. The summed E-state index contributed by atoms with van der Waals surface area (Å²) in [4.78, 5) is 2.20. The quantitative estimate of drug-likeness (QED) is 0.739. The van der Waals surface area contributed by atoms with Crippen LogP contribution in [0.1, 0.15) is 11.1 Å². The van der Waals surface area contributed by atoms with Crippen LogP contribution in [0.2, 0.25) is 5.02 Å². The number of nitrogens with zero attached hydrogens (tertiary/aromatic N) is 2. The largest absolute Gasteiger partial charge is 0.480 e. The van der Waals surface area contributed by atoms with Gasteiger partial charge in [0.2, 0.25) is 5.88 Å². The Morgan fingerprint density at radius 3 is 2.62 bits per heavy atom. The molecule has 6 heteroatoms. The molecule has 24 heavy (non-hydrogen) atoms. The molecule has 0 aliphatic carbocycles. The first kappa shape index (κ1) is 17.0. The van der Waals surface area contributed by atoms with Gasteiger partial charge in [0.1, 0.15) is 6.67 Å². The van der Waals surface area contributed by atoms with E-state index in [1.165, 1.54) is 11.1 Å². The normalized spacial score (nSPS) is 14.2. The standard InChI is InChI=1S/C18H19BrClN3O/c1-24-18-12-22(11-14-6-8-16(20)9-7-14)13-23(21-18)17-5-3-2-4-15(17)10-19/h2-9,12,21H,10-11,13H2,1H3. The lowest BCUT2D eigenvalue weighted by Crippen LogP contribution is -2.49. The summed E-state index contributed by atoms with van der Waals surface area (Å²) in [6, 6.07) is 16.2. The fourth-order valence-electron chi connectivity index (χ4n) is 2.63. The van der Waals surface area contributed by atoms with Gasteiger partial charge in [0.25, 0.3) is 0 Å². The molecule has 0 atom stereocenters. The highest BCUT2D eigenvalue weighted by atomic mass is 79.9. The van der Waals surface area contributed by atoms with Crippen molar-refractivity contribution in [1.82, 2.24) is 10.3 Å². The van der Waals surface area contributed by atoms with Gasteiger partial charge in [0.05, 0.1) is 19.0 Å². The van der Waals surface area contributed by atoms with Crippen molar-refractivity contribution in [2.75, 3.05) is 18.8 Å². The second-order valence-corrected chi connectivity index (χ2v) is 6.51. The van der Waals surface area contributed by atoms with Crippen LogP contribution in [0.4, 0.5) is 5.69 Å². The molecule has 0 fully saturated rings. The molecular formula is C18H19BrClN3O. The van der Waals surface area contributed by atoms with Gasteiger partial charge < -0.3 is 9.64 Å². The van der Waals surface area contributed by atoms with Gasteiger partial charge in [-0.05, 0) is 29.3 Å². The van der Waals surface area contributed by atoms with E-state index in [2.05, 4.69) is 43.4 Å². The molecule has 1 N–H and O–H groups in total. The van der Waals surface area contributed by atoms with Crippen molar-refractivity contribution < 1.29 is 4.74 Å². The maximum Gasteiger partial charge on any atom is 0.222 e. The van der Waals surface area contributed by atoms with Gasteiger partial charge in [0, 0.05) is 16.9 Å². The SMILES string of the molecule is COC1=CN(Cc2ccc(Cl)cc2)CN(c2ccccc2CBr)N1. The highest BCUT2D eigenvalue weighted by molar-refractivity contribution is 9.08. The molecule has 126 valence electrons. The molecule has 2 aromatic rings. The minimum Gasteiger partial charge on any atom is -0.480 e. The van der Waals surface area contributed by atoms with E-state index in [4.69, 9.17) is 16.3 Å². The monoisotopic (exact) mass is 407 g/mol. The number of halogens is 2. The van der Waals surface area contributed by atoms with Crippen molar-refractivity contribution in [3.8, 4) is 0 Å². The summed E-state index contributed by atoms with van der Waals surface area (Å²) in [7, 11) is 1.67. The van der Waals surface area contributed by atoms with Crippen molar-refractivity contribution in [2.24, 2.45) is 0 Å². The van der Waals surface area contributed by atoms with E-state index in [1.807, 2.05) is 42.6 Å². The van der Waals surface area contributed by atoms with Crippen LogP contribution in [-0.2, 0) is 16.6 Å². The second-order valence-electron chi connectivity index (χ2n) is 5.51. The van der Waals surface area contributed by atoms with Crippen LogP contribution >= 0.6 is 27.5 Å². The second kappa shape index (κ2) is 7.81. The number of alkyl halides is 1. The lowest BCUT2D eigenvalue weighted by Gasteiger charge is -2.37. The van der Waals surface area contributed by atoms with E-state index in [0.717, 1.165) is 22.6 Å². The summed E-state index contributed by atoms with van der Waals surface area (Å²) in [5, 5.41) is 3.63. The molecule has 3 rings (SSSR count). The molecule has 0 unspecified atom stereocenters. The molecule has 0 spiro atoms. The van der Waals surface area contributed by atoms with Crippen LogP contribution in [0.3, 0.4) is 0 Å². The molecule has 0 aromatic heterocycles. The summed E-state index contributed by atoms with van der Waals surface area (Å²) < 4.78 is 5.44. The Hall–Kier alpha value is -1.85. The Kier molecular flexibility index (Phi) is 5.53. The topological polar surface area (TPSA) is 27.7 Å². The van der Waals surface area contributed by atoms with Gasteiger partial charge in [-0.2, -0.15) is 0 Å². The van der Waals surface area contributed by atoms with Gasteiger partial charge >= 0.3 is 0 Å². The highest BCUT2D eigenvalue weighted by Gasteiger charge is 2.20. The van der Waals surface area contributed by atoms with Crippen LogP contribution < -0.4 is 10.4 Å². The van der Waals surface area contributed by atoms with Crippen molar-refractivity contribution in [1.29, 1.82) is 0 Å². The smallest absolute Gasteiger partial charge is 0.222 e. The first-order valence-corrected chi connectivity index (χ1v) is 9.12. The van der Waals surface area contributed by atoms with Gasteiger partial charge in [-0.1, -0.05) is 57.9 Å². The molecule has 0 bridgehead atoms. The number of hydrazine groups is 1. The number of para-hydroxylation sites is 1. The number of nitrogens with one attached hydrogen (secondary N) is 1. The van der Waals surface area contributed by atoms with Crippen LogP contribution in [0.25, 0.3) is 0 Å². The maximum atomic E-state index is 5.97. The van der Waals surface area contributed by atoms with Crippen molar-refractivity contribution in [3.05, 3.63) is 76.8 Å². The molecule has 2 aromatic carbocycles. The first-order chi connectivity index (χ1) is 11.7. The first-order valence-electron chi connectivity index (χ1n) is 7.62. The average Bonchev–Trinajstić information content (AvgIpc) is 2.63. The van der Waals surface area contributed by atoms with E-state index in [1.54, 1.807) is 7.11 Å². The number of hydrogen-bond acceptors (Lipinski definition) is 4. The fraction of sp³-hybridized carbons (Fsp3) is 0.222. The molecule has 0 saturated heterocycles. The van der Waals surface area contributed by atoms with Crippen LogP contribution in [0.5, 0.6) is 0 Å².